The highest BCUT2D eigenvalue weighted by Crippen LogP contribution is 2.35. The average Bonchev–Trinajstić information content (AvgIpc) is 3.16. The third-order valence-corrected chi connectivity index (χ3v) is 6.99. The number of hydrogen-bond donors (Lipinski definition) is 1. The zero-order valence-electron chi connectivity index (χ0n) is 23.1. The van der Waals surface area contributed by atoms with Crippen molar-refractivity contribution in [3.63, 3.8) is 0 Å². The van der Waals surface area contributed by atoms with Gasteiger partial charge in [-0.25, -0.2) is 4.79 Å². The summed E-state index contributed by atoms with van der Waals surface area (Å²) in [5.41, 5.74) is 4.40. The van der Waals surface area contributed by atoms with Crippen molar-refractivity contribution in [2.24, 2.45) is 5.92 Å². The van der Waals surface area contributed by atoms with Gasteiger partial charge in [0, 0.05) is 12.1 Å². The van der Waals surface area contributed by atoms with Crippen LogP contribution in [0.2, 0.25) is 0 Å². The van der Waals surface area contributed by atoms with E-state index >= 15 is 0 Å². The molecule has 4 rings (SSSR count). The number of hydrogen-bond acceptors (Lipinski definition) is 3. The molecule has 0 radical (unpaired) electrons. The molecule has 0 heterocycles. The molecular weight excluding hydrogens is 472 g/mol. The second-order valence-electron chi connectivity index (χ2n) is 11.4. The molecule has 0 aliphatic heterocycles. The Labute approximate surface area is 227 Å². The van der Waals surface area contributed by atoms with Crippen LogP contribution < -0.4 is 10.2 Å². The van der Waals surface area contributed by atoms with Gasteiger partial charge in [-0.2, -0.15) is 0 Å². The van der Waals surface area contributed by atoms with E-state index in [1.54, 1.807) is 0 Å². The van der Waals surface area contributed by atoms with E-state index in [-0.39, 0.29) is 5.91 Å². The van der Waals surface area contributed by atoms with Gasteiger partial charge in [0.25, 0.3) is 5.91 Å². The smallest absolute Gasteiger partial charge is 0.412 e. The predicted octanol–water partition coefficient (Wildman–Crippen LogP) is 8.63. The number of aryl methyl sites for hydroxylation is 1. The lowest BCUT2D eigenvalue weighted by atomic mass is 9.97. The fraction of sp³-hybridized carbons (Fsp3) is 0.394. The van der Waals surface area contributed by atoms with Gasteiger partial charge in [-0.15, -0.1) is 0 Å². The molecule has 38 heavy (non-hydrogen) atoms. The van der Waals surface area contributed by atoms with E-state index in [2.05, 4.69) is 17.4 Å². The van der Waals surface area contributed by atoms with Crippen LogP contribution in [0.4, 0.5) is 16.2 Å². The first-order valence-electron chi connectivity index (χ1n) is 13.8. The van der Waals surface area contributed by atoms with Gasteiger partial charge in [0.15, 0.2) is 0 Å². The lowest BCUT2D eigenvalue weighted by Gasteiger charge is -2.30. The number of carbonyl (C=O) groups is 2. The molecule has 5 nitrogen and oxygen atoms in total. The van der Waals surface area contributed by atoms with Gasteiger partial charge < -0.3 is 9.64 Å². The minimum atomic E-state index is -0.633. The van der Waals surface area contributed by atoms with Crippen molar-refractivity contribution in [3.05, 3.63) is 83.9 Å². The van der Waals surface area contributed by atoms with Crippen LogP contribution in [0, 0.1) is 12.8 Å². The summed E-state index contributed by atoms with van der Waals surface area (Å²) in [5, 5.41) is 2.94. The quantitative estimate of drug-likeness (QED) is 0.336. The molecule has 5 heteroatoms. The number of benzene rings is 3. The molecule has 3 aromatic carbocycles. The van der Waals surface area contributed by atoms with Crippen molar-refractivity contribution in [2.75, 3.05) is 16.8 Å². The van der Waals surface area contributed by atoms with E-state index in [0.717, 1.165) is 29.5 Å². The van der Waals surface area contributed by atoms with Crippen LogP contribution in [0.5, 0.6) is 0 Å². The number of ether oxygens (including phenoxy) is 1. The van der Waals surface area contributed by atoms with Gasteiger partial charge >= 0.3 is 6.09 Å². The third kappa shape index (κ3) is 7.47. The lowest BCUT2D eigenvalue weighted by Crippen LogP contribution is -2.36. The van der Waals surface area contributed by atoms with Crippen molar-refractivity contribution in [2.45, 2.75) is 71.8 Å². The van der Waals surface area contributed by atoms with Crippen LogP contribution in [-0.4, -0.2) is 24.1 Å². The second kappa shape index (κ2) is 12.3. The first-order chi connectivity index (χ1) is 18.2. The van der Waals surface area contributed by atoms with E-state index in [0.29, 0.717) is 29.4 Å². The molecule has 2 amide bonds. The molecule has 0 bridgehead atoms. The van der Waals surface area contributed by atoms with E-state index in [1.807, 2.05) is 93.3 Å². The van der Waals surface area contributed by atoms with Crippen LogP contribution in [0.1, 0.15) is 75.2 Å². The molecule has 1 fully saturated rings. The van der Waals surface area contributed by atoms with Crippen molar-refractivity contribution in [1.29, 1.82) is 0 Å². The van der Waals surface area contributed by atoms with Crippen molar-refractivity contribution in [3.8, 4) is 11.1 Å². The van der Waals surface area contributed by atoms with Crippen LogP contribution in [0.15, 0.2) is 72.8 Å². The van der Waals surface area contributed by atoms with Gasteiger partial charge in [-0.05, 0) is 81.8 Å². The summed E-state index contributed by atoms with van der Waals surface area (Å²) in [6.45, 7) is 8.14. The minimum Gasteiger partial charge on any atom is -0.444 e. The lowest BCUT2D eigenvalue weighted by molar-refractivity contribution is 0.0635. The Bertz CT molecular complexity index is 1220. The number of nitrogens with one attached hydrogen (secondary N) is 1. The van der Waals surface area contributed by atoms with Gasteiger partial charge in [-0.1, -0.05) is 79.8 Å². The minimum absolute atomic E-state index is 0.0632. The molecule has 0 unspecified atom stereocenters. The van der Waals surface area contributed by atoms with E-state index in [9.17, 15) is 9.59 Å². The van der Waals surface area contributed by atoms with E-state index < -0.39 is 11.7 Å². The molecular formula is C33H40N2O3. The summed E-state index contributed by atoms with van der Waals surface area (Å²) in [5.74, 6) is 0.341. The Kier molecular flexibility index (Phi) is 8.88. The molecule has 1 aliphatic carbocycles. The van der Waals surface area contributed by atoms with E-state index in [4.69, 9.17) is 4.74 Å². The molecule has 0 atom stereocenters. The highest BCUT2D eigenvalue weighted by molar-refractivity contribution is 6.09. The maximum atomic E-state index is 14.1. The van der Waals surface area contributed by atoms with Crippen molar-refractivity contribution >= 4 is 23.4 Å². The van der Waals surface area contributed by atoms with Gasteiger partial charge in [0.05, 0.1) is 11.4 Å². The van der Waals surface area contributed by atoms with Crippen LogP contribution in [-0.2, 0) is 4.74 Å². The number of carbonyl (C=O) groups excluding carboxylic acids is 2. The number of amides is 2. The maximum Gasteiger partial charge on any atom is 0.412 e. The summed E-state index contributed by atoms with van der Waals surface area (Å²) in [7, 11) is 0. The standard InChI is InChI=1S/C33H40N2O3/c1-24-16-18-27(19-17-24)31(36)35(23-25-12-8-5-6-9-13-25)30-22-28(26-14-10-7-11-15-26)20-21-29(30)34-32(37)38-33(2,3)4/h7,10-11,14-22,25H,5-6,8-9,12-13,23H2,1-4H3,(H,34,37). The summed E-state index contributed by atoms with van der Waals surface area (Å²) >= 11 is 0. The summed E-state index contributed by atoms with van der Waals surface area (Å²) in [4.78, 5) is 28.8. The van der Waals surface area contributed by atoms with Crippen molar-refractivity contribution < 1.29 is 14.3 Å². The van der Waals surface area contributed by atoms with Crippen LogP contribution >= 0.6 is 0 Å². The molecule has 1 saturated carbocycles. The SMILES string of the molecule is Cc1ccc(C(=O)N(CC2CCCCCC2)c2cc(-c3ccccc3)ccc2NC(=O)OC(C)(C)C)cc1. The second-order valence-corrected chi connectivity index (χ2v) is 11.4. The Morgan fingerprint density at radius 1 is 0.868 bits per heavy atom. The zero-order chi connectivity index (χ0) is 27.1. The molecule has 1 N–H and O–H groups in total. The molecule has 0 aromatic heterocycles. The summed E-state index contributed by atoms with van der Waals surface area (Å²) < 4.78 is 5.56. The monoisotopic (exact) mass is 512 g/mol. The Hall–Kier alpha value is -3.60. The predicted molar refractivity (Wildman–Crippen MR) is 156 cm³/mol. The normalized spacial score (nSPS) is 14.4. The Morgan fingerprint density at radius 3 is 2.16 bits per heavy atom. The van der Waals surface area contributed by atoms with Gasteiger partial charge in [0.2, 0.25) is 0 Å². The molecule has 200 valence electrons. The maximum absolute atomic E-state index is 14.1. The third-order valence-electron chi connectivity index (χ3n) is 6.99. The van der Waals surface area contributed by atoms with E-state index in [1.165, 1.54) is 25.7 Å². The topological polar surface area (TPSA) is 58.6 Å². The highest BCUT2D eigenvalue weighted by atomic mass is 16.6. The summed E-state index contributed by atoms with van der Waals surface area (Å²) in [6, 6.07) is 23.7. The fourth-order valence-corrected chi connectivity index (χ4v) is 5.03. The molecule has 3 aromatic rings. The highest BCUT2D eigenvalue weighted by Gasteiger charge is 2.27. The van der Waals surface area contributed by atoms with Crippen molar-refractivity contribution in [1.82, 2.24) is 0 Å². The van der Waals surface area contributed by atoms with Gasteiger partial charge in [-0.3, -0.25) is 10.1 Å². The average molecular weight is 513 g/mol. The fourth-order valence-electron chi connectivity index (χ4n) is 5.03. The van der Waals surface area contributed by atoms with Crippen LogP contribution in [0.25, 0.3) is 11.1 Å². The zero-order valence-corrected chi connectivity index (χ0v) is 23.1. The first kappa shape index (κ1) is 27.4. The molecule has 0 saturated heterocycles. The largest absolute Gasteiger partial charge is 0.444 e. The van der Waals surface area contributed by atoms with Gasteiger partial charge in [0.1, 0.15) is 5.60 Å². The van der Waals surface area contributed by atoms with Crippen LogP contribution in [0.3, 0.4) is 0 Å². The Morgan fingerprint density at radius 2 is 1.53 bits per heavy atom. The molecule has 0 spiro atoms. The number of anilines is 2. The number of nitrogens with zero attached hydrogens (tertiary/aromatic N) is 1. The number of rotatable bonds is 6. The first-order valence-corrected chi connectivity index (χ1v) is 13.8. The Balaban J connectivity index is 1.79. The molecule has 1 aliphatic rings. The summed E-state index contributed by atoms with van der Waals surface area (Å²) in [6.07, 6.45) is 6.53.